The molecule has 3 aromatic rings. The van der Waals surface area contributed by atoms with Gasteiger partial charge in [0.1, 0.15) is 23.7 Å². The van der Waals surface area contributed by atoms with Crippen molar-refractivity contribution in [1.29, 1.82) is 0 Å². The molecule has 136 valence electrons. The van der Waals surface area contributed by atoms with Gasteiger partial charge in [-0.25, -0.2) is 4.79 Å². The summed E-state index contributed by atoms with van der Waals surface area (Å²) in [5.74, 6) is 0.877. The number of benzene rings is 2. The van der Waals surface area contributed by atoms with Gasteiger partial charge in [0.2, 0.25) is 0 Å². The second-order valence-electron chi connectivity index (χ2n) is 6.22. The van der Waals surface area contributed by atoms with Crippen molar-refractivity contribution < 1.29 is 14.3 Å². The molecular weight excluding hydrogens is 354 g/mol. The lowest BCUT2D eigenvalue weighted by Crippen LogP contribution is -2.24. The normalized spacial score (nSPS) is 11.2. The molecule has 1 heterocycles. The summed E-state index contributed by atoms with van der Waals surface area (Å²) >= 11 is 5.86. The van der Waals surface area contributed by atoms with Crippen molar-refractivity contribution in [2.24, 2.45) is 0 Å². The molecule has 0 spiro atoms. The molecule has 0 aliphatic rings. The molecule has 0 amide bonds. The van der Waals surface area contributed by atoms with Crippen LogP contribution >= 0.6 is 11.6 Å². The smallest absolute Gasteiger partial charge is 0.336 e. The molecule has 0 aliphatic heterocycles. The Bertz CT molecular complexity index is 966. The lowest BCUT2D eigenvalue weighted by Gasteiger charge is -2.18. The van der Waals surface area contributed by atoms with Gasteiger partial charge in [0.05, 0.1) is 0 Å². The van der Waals surface area contributed by atoms with E-state index in [0.29, 0.717) is 35.9 Å². The van der Waals surface area contributed by atoms with Crippen LogP contribution in [-0.2, 0) is 6.54 Å². The van der Waals surface area contributed by atoms with Crippen LogP contribution < -0.4 is 10.4 Å². The number of likely N-dealkylation sites (N-methyl/N-ethyl adjacent to an activating group) is 1. The standard InChI is InChI=1S/C20H20ClNO4/c1-13-18(23)8-7-17-14(11-19(24)26-20(13)17)12-22(2)9-10-25-16-5-3-15(21)4-6-16/h3-8,11,23H,9-10,12H2,1-2H3. The zero-order chi connectivity index (χ0) is 18.7. The van der Waals surface area contributed by atoms with E-state index >= 15 is 0 Å². The van der Waals surface area contributed by atoms with Crippen molar-refractivity contribution in [3.63, 3.8) is 0 Å². The van der Waals surface area contributed by atoms with Gasteiger partial charge in [0.15, 0.2) is 0 Å². The molecule has 0 radical (unpaired) electrons. The minimum absolute atomic E-state index is 0.113. The summed E-state index contributed by atoms with van der Waals surface area (Å²) in [4.78, 5) is 13.9. The molecule has 0 atom stereocenters. The van der Waals surface area contributed by atoms with E-state index in [0.717, 1.165) is 16.7 Å². The number of ether oxygens (including phenoxy) is 1. The van der Waals surface area contributed by atoms with Crippen LogP contribution in [0.3, 0.4) is 0 Å². The van der Waals surface area contributed by atoms with Gasteiger partial charge in [0.25, 0.3) is 0 Å². The van der Waals surface area contributed by atoms with Crippen LogP contribution in [0.5, 0.6) is 11.5 Å². The number of hydrogen-bond acceptors (Lipinski definition) is 5. The van der Waals surface area contributed by atoms with E-state index in [2.05, 4.69) is 4.90 Å². The average molecular weight is 374 g/mol. The number of halogens is 1. The van der Waals surface area contributed by atoms with Crippen LogP contribution in [-0.4, -0.2) is 30.2 Å². The third-order valence-corrected chi connectivity index (χ3v) is 4.47. The maximum absolute atomic E-state index is 11.9. The lowest BCUT2D eigenvalue weighted by molar-refractivity contribution is 0.233. The number of nitrogens with zero attached hydrogens (tertiary/aromatic N) is 1. The Kier molecular flexibility index (Phi) is 5.49. The van der Waals surface area contributed by atoms with E-state index < -0.39 is 5.63 Å². The molecule has 3 rings (SSSR count). The Labute approximate surface area is 156 Å². The molecule has 0 aliphatic carbocycles. The Morgan fingerprint density at radius 2 is 1.92 bits per heavy atom. The van der Waals surface area contributed by atoms with E-state index in [1.165, 1.54) is 6.07 Å². The number of aryl methyl sites for hydroxylation is 1. The Morgan fingerprint density at radius 1 is 1.19 bits per heavy atom. The zero-order valence-electron chi connectivity index (χ0n) is 14.7. The van der Waals surface area contributed by atoms with Crippen LogP contribution in [0.2, 0.25) is 5.02 Å². The Balaban J connectivity index is 1.69. The van der Waals surface area contributed by atoms with Crippen LogP contribution in [0.15, 0.2) is 51.7 Å². The molecule has 1 N–H and O–H groups in total. The predicted octanol–water partition coefficient (Wildman–Crippen LogP) is 3.97. The van der Waals surface area contributed by atoms with Gasteiger partial charge in [0, 0.05) is 35.1 Å². The highest BCUT2D eigenvalue weighted by Gasteiger charge is 2.12. The molecule has 0 unspecified atom stereocenters. The molecule has 26 heavy (non-hydrogen) atoms. The van der Waals surface area contributed by atoms with Gasteiger partial charge >= 0.3 is 5.63 Å². The first-order valence-electron chi connectivity index (χ1n) is 8.26. The number of aromatic hydroxyl groups is 1. The first-order valence-corrected chi connectivity index (χ1v) is 8.64. The van der Waals surface area contributed by atoms with E-state index in [1.807, 2.05) is 19.2 Å². The Morgan fingerprint density at radius 3 is 2.65 bits per heavy atom. The number of hydrogen-bond donors (Lipinski definition) is 1. The highest BCUT2D eigenvalue weighted by molar-refractivity contribution is 6.30. The SMILES string of the molecule is Cc1c(O)ccc2c(CN(C)CCOc3ccc(Cl)cc3)cc(=O)oc12. The summed E-state index contributed by atoms with van der Waals surface area (Å²) < 4.78 is 11.0. The predicted molar refractivity (Wildman–Crippen MR) is 102 cm³/mol. The van der Waals surface area contributed by atoms with Gasteiger partial charge < -0.3 is 14.3 Å². The van der Waals surface area contributed by atoms with Gasteiger partial charge in [-0.3, -0.25) is 4.90 Å². The second-order valence-corrected chi connectivity index (χ2v) is 6.65. The van der Waals surface area contributed by atoms with E-state index in [9.17, 15) is 9.90 Å². The van der Waals surface area contributed by atoms with Crippen molar-refractivity contribution in [2.75, 3.05) is 20.2 Å². The maximum atomic E-state index is 11.9. The number of fused-ring (bicyclic) bond motifs is 1. The highest BCUT2D eigenvalue weighted by atomic mass is 35.5. The van der Waals surface area contributed by atoms with Gasteiger partial charge in [-0.1, -0.05) is 11.6 Å². The second kappa shape index (κ2) is 7.81. The Hall–Kier alpha value is -2.50. The summed E-state index contributed by atoms with van der Waals surface area (Å²) in [5.41, 5.74) is 1.42. The summed E-state index contributed by atoms with van der Waals surface area (Å²) in [6.45, 7) is 3.49. The van der Waals surface area contributed by atoms with Crippen LogP contribution in [0, 0.1) is 6.92 Å². The molecule has 0 fully saturated rings. The van der Waals surface area contributed by atoms with Crippen molar-refractivity contribution >= 4 is 22.6 Å². The lowest BCUT2D eigenvalue weighted by atomic mass is 10.1. The number of phenols is 1. The minimum Gasteiger partial charge on any atom is -0.508 e. The summed E-state index contributed by atoms with van der Waals surface area (Å²) in [6.07, 6.45) is 0. The fourth-order valence-electron chi connectivity index (χ4n) is 2.77. The van der Waals surface area contributed by atoms with Crippen molar-refractivity contribution in [2.45, 2.75) is 13.5 Å². The highest BCUT2D eigenvalue weighted by Crippen LogP contribution is 2.27. The van der Waals surface area contributed by atoms with Gasteiger partial charge in [-0.05, 0) is 55.9 Å². The first kappa shape index (κ1) is 18.3. The summed E-state index contributed by atoms with van der Waals surface area (Å²) in [5, 5.41) is 11.3. The minimum atomic E-state index is -0.424. The van der Waals surface area contributed by atoms with Crippen LogP contribution in [0.25, 0.3) is 11.0 Å². The largest absolute Gasteiger partial charge is 0.508 e. The third-order valence-electron chi connectivity index (χ3n) is 4.21. The summed E-state index contributed by atoms with van der Waals surface area (Å²) in [7, 11) is 1.96. The van der Waals surface area contributed by atoms with E-state index in [1.54, 1.807) is 31.2 Å². The van der Waals surface area contributed by atoms with E-state index in [-0.39, 0.29) is 5.75 Å². The van der Waals surface area contributed by atoms with E-state index in [4.69, 9.17) is 20.8 Å². The zero-order valence-corrected chi connectivity index (χ0v) is 15.4. The molecule has 0 saturated heterocycles. The molecular formula is C20H20ClNO4. The third kappa shape index (κ3) is 4.18. The van der Waals surface area contributed by atoms with Crippen molar-refractivity contribution in [1.82, 2.24) is 4.90 Å². The molecule has 1 aromatic heterocycles. The summed E-state index contributed by atoms with van der Waals surface area (Å²) in [6, 6.07) is 12.1. The van der Waals surface area contributed by atoms with Crippen molar-refractivity contribution in [3.8, 4) is 11.5 Å². The van der Waals surface area contributed by atoms with Gasteiger partial charge in [-0.15, -0.1) is 0 Å². The van der Waals surface area contributed by atoms with Crippen LogP contribution in [0.1, 0.15) is 11.1 Å². The van der Waals surface area contributed by atoms with Crippen molar-refractivity contribution in [3.05, 3.63) is 69.0 Å². The maximum Gasteiger partial charge on any atom is 0.336 e. The molecule has 2 aromatic carbocycles. The number of phenolic OH excluding ortho intramolecular Hbond substituents is 1. The van der Waals surface area contributed by atoms with Gasteiger partial charge in [-0.2, -0.15) is 0 Å². The molecule has 6 heteroatoms. The fourth-order valence-corrected chi connectivity index (χ4v) is 2.89. The fraction of sp³-hybridized carbons (Fsp3) is 0.250. The first-order chi connectivity index (χ1) is 12.4. The molecule has 0 bridgehead atoms. The molecule has 5 nitrogen and oxygen atoms in total. The van der Waals surface area contributed by atoms with Crippen LogP contribution in [0.4, 0.5) is 0 Å². The topological polar surface area (TPSA) is 62.9 Å². The quantitative estimate of drug-likeness (QED) is 0.662. The molecule has 0 saturated carbocycles. The number of rotatable bonds is 6. The average Bonchev–Trinajstić information content (AvgIpc) is 2.60. The monoisotopic (exact) mass is 373 g/mol.